The molecular formula is C29H27N7O2. The number of hydrogen-bond donors (Lipinski definition) is 1. The molecule has 0 unspecified atom stereocenters. The van der Waals surface area contributed by atoms with Crippen molar-refractivity contribution in [3.05, 3.63) is 100.0 Å². The molecule has 0 fully saturated rings. The van der Waals surface area contributed by atoms with E-state index in [0.717, 1.165) is 0 Å². The molecule has 0 aliphatic rings. The first-order valence-electron chi connectivity index (χ1n) is 12.2. The quantitative estimate of drug-likeness (QED) is 0.369. The monoisotopic (exact) mass is 505 g/mol. The first-order chi connectivity index (χ1) is 18.3. The van der Waals surface area contributed by atoms with Crippen LogP contribution >= 0.6 is 0 Å². The lowest BCUT2D eigenvalue weighted by Crippen LogP contribution is -2.33. The van der Waals surface area contributed by atoms with Gasteiger partial charge in [-0.25, -0.2) is 14.5 Å². The second-order valence-corrected chi connectivity index (χ2v) is 9.23. The number of nitrogens with one attached hydrogen (secondary N) is 1. The van der Waals surface area contributed by atoms with Gasteiger partial charge in [0.05, 0.1) is 34.9 Å². The summed E-state index contributed by atoms with van der Waals surface area (Å²) in [6.45, 7) is 4.14. The number of aromatic nitrogens is 5. The fourth-order valence-electron chi connectivity index (χ4n) is 4.36. The van der Waals surface area contributed by atoms with Crippen molar-refractivity contribution in [3.8, 4) is 17.5 Å². The van der Waals surface area contributed by atoms with Crippen molar-refractivity contribution in [2.75, 3.05) is 20.6 Å². The first kappa shape index (κ1) is 24.9. The van der Waals surface area contributed by atoms with E-state index in [2.05, 4.69) is 27.2 Å². The summed E-state index contributed by atoms with van der Waals surface area (Å²) >= 11 is 0. The number of nitrogens with zero attached hydrogens (tertiary/aromatic N) is 6. The molecule has 5 aromatic rings. The second-order valence-electron chi connectivity index (χ2n) is 9.23. The van der Waals surface area contributed by atoms with Gasteiger partial charge in [0.25, 0.3) is 11.5 Å². The summed E-state index contributed by atoms with van der Waals surface area (Å²) < 4.78 is 3.12. The number of hydrogen-bond acceptors (Lipinski definition) is 6. The molecule has 1 N–H and O–H groups in total. The Morgan fingerprint density at radius 3 is 2.66 bits per heavy atom. The van der Waals surface area contributed by atoms with Gasteiger partial charge in [0, 0.05) is 18.0 Å². The zero-order valence-electron chi connectivity index (χ0n) is 21.6. The van der Waals surface area contributed by atoms with Crippen LogP contribution in [-0.2, 0) is 0 Å². The normalized spacial score (nSPS) is 11.9. The molecular weight excluding hydrogens is 478 g/mol. The summed E-state index contributed by atoms with van der Waals surface area (Å²) in [7, 11) is 3.88. The van der Waals surface area contributed by atoms with Crippen LogP contribution in [0.3, 0.4) is 0 Å². The van der Waals surface area contributed by atoms with Crippen molar-refractivity contribution in [2.45, 2.75) is 19.9 Å². The molecule has 5 rings (SSSR count). The Kier molecular flexibility index (Phi) is 6.73. The van der Waals surface area contributed by atoms with Crippen LogP contribution in [0.1, 0.15) is 40.4 Å². The lowest BCUT2D eigenvalue weighted by atomic mass is 10.1. The number of fused-ring (bicyclic) bond motifs is 2. The Morgan fingerprint density at radius 2 is 1.89 bits per heavy atom. The molecule has 0 radical (unpaired) electrons. The average Bonchev–Trinajstić information content (AvgIpc) is 3.24. The van der Waals surface area contributed by atoms with Gasteiger partial charge in [-0.1, -0.05) is 36.1 Å². The predicted octanol–water partition coefficient (Wildman–Crippen LogP) is 3.14. The van der Waals surface area contributed by atoms with Gasteiger partial charge in [-0.2, -0.15) is 5.10 Å². The molecule has 0 aliphatic heterocycles. The molecule has 3 heterocycles. The summed E-state index contributed by atoms with van der Waals surface area (Å²) in [5, 5.41) is 7.83. The molecule has 0 saturated carbocycles. The van der Waals surface area contributed by atoms with Crippen molar-refractivity contribution in [1.82, 2.24) is 34.4 Å². The number of rotatable bonds is 5. The lowest BCUT2D eigenvalue weighted by Gasteiger charge is -2.20. The summed E-state index contributed by atoms with van der Waals surface area (Å²) in [6, 6.07) is 15.9. The Balaban J connectivity index is 1.63. The van der Waals surface area contributed by atoms with Gasteiger partial charge >= 0.3 is 0 Å². The Morgan fingerprint density at radius 1 is 1.11 bits per heavy atom. The zero-order valence-corrected chi connectivity index (χ0v) is 21.6. The van der Waals surface area contributed by atoms with Gasteiger partial charge in [0.15, 0.2) is 5.65 Å². The zero-order chi connectivity index (χ0) is 26.8. The van der Waals surface area contributed by atoms with Gasteiger partial charge in [-0.3, -0.25) is 19.1 Å². The second kappa shape index (κ2) is 10.3. The maximum Gasteiger partial charge on any atom is 0.267 e. The molecule has 0 bridgehead atoms. The molecule has 1 amide bonds. The highest BCUT2D eigenvalue weighted by Gasteiger charge is 2.24. The highest BCUT2D eigenvalue weighted by molar-refractivity contribution is 6.01. The summed E-state index contributed by atoms with van der Waals surface area (Å²) in [5.74, 6) is 6.30. The van der Waals surface area contributed by atoms with Gasteiger partial charge in [-0.15, -0.1) is 0 Å². The predicted molar refractivity (Wildman–Crippen MR) is 146 cm³/mol. The van der Waals surface area contributed by atoms with Crippen molar-refractivity contribution in [3.63, 3.8) is 0 Å². The van der Waals surface area contributed by atoms with Gasteiger partial charge in [0.1, 0.15) is 11.4 Å². The maximum atomic E-state index is 14.0. The smallest absolute Gasteiger partial charge is 0.267 e. The van der Waals surface area contributed by atoms with E-state index in [1.807, 2.05) is 61.5 Å². The van der Waals surface area contributed by atoms with Gasteiger partial charge in [-0.05, 0) is 58.3 Å². The summed E-state index contributed by atoms with van der Waals surface area (Å²) in [5.41, 5.74) is 2.93. The number of amides is 1. The van der Waals surface area contributed by atoms with E-state index < -0.39 is 6.04 Å². The van der Waals surface area contributed by atoms with Crippen molar-refractivity contribution in [1.29, 1.82) is 0 Å². The largest absolute Gasteiger partial charge is 0.342 e. The van der Waals surface area contributed by atoms with Crippen molar-refractivity contribution < 1.29 is 4.79 Å². The van der Waals surface area contributed by atoms with Crippen LogP contribution in [0.15, 0.2) is 71.8 Å². The van der Waals surface area contributed by atoms with Crippen LogP contribution < -0.4 is 10.9 Å². The fraction of sp³-hybridized carbons (Fsp3) is 0.207. The topological polar surface area (TPSA) is 97.4 Å². The SMILES string of the molecule is Cc1nn2cccnc2c1C(=O)N[C@@H](C)c1nc2cccc(C#CCN(C)C)c2c(=O)n1-c1ccccc1. The molecule has 9 nitrogen and oxygen atoms in total. The van der Waals surface area contributed by atoms with Crippen LogP contribution in [0.25, 0.3) is 22.2 Å². The Hall–Kier alpha value is -4.81. The average molecular weight is 506 g/mol. The van der Waals surface area contributed by atoms with E-state index in [9.17, 15) is 9.59 Å². The van der Waals surface area contributed by atoms with Crippen molar-refractivity contribution >= 4 is 22.5 Å². The molecule has 0 aliphatic carbocycles. The molecule has 1 atom stereocenters. The van der Waals surface area contributed by atoms with Gasteiger partial charge in [0.2, 0.25) is 0 Å². The summed E-state index contributed by atoms with van der Waals surface area (Å²) in [4.78, 5) is 38.6. The molecule has 3 aromatic heterocycles. The third-order valence-corrected chi connectivity index (χ3v) is 6.09. The number of carbonyl (C=O) groups excluding carboxylic acids is 1. The molecule has 190 valence electrons. The van der Waals surface area contributed by atoms with Crippen LogP contribution in [0.2, 0.25) is 0 Å². The first-order valence-corrected chi connectivity index (χ1v) is 12.2. The van der Waals surface area contributed by atoms with Crippen LogP contribution in [0.4, 0.5) is 0 Å². The minimum Gasteiger partial charge on any atom is -0.342 e. The molecule has 2 aromatic carbocycles. The standard InChI is InChI=1S/C29H27N7O2/c1-19-24(27-30-16-10-18-35(27)33-19)28(37)31-20(2)26-32-23-15-8-11-21(12-9-17-34(3)4)25(23)29(38)36(26)22-13-6-5-7-14-22/h5-8,10-11,13-16,18,20H,17H2,1-4H3,(H,31,37)/t20-/m0/s1. The summed E-state index contributed by atoms with van der Waals surface area (Å²) in [6.07, 6.45) is 3.36. The maximum absolute atomic E-state index is 14.0. The fourth-order valence-corrected chi connectivity index (χ4v) is 4.36. The molecule has 0 saturated heterocycles. The number of carbonyl (C=O) groups is 1. The number of para-hydroxylation sites is 1. The van der Waals surface area contributed by atoms with E-state index >= 15 is 0 Å². The molecule has 38 heavy (non-hydrogen) atoms. The van der Waals surface area contributed by atoms with Crippen LogP contribution in [0, 0.1) is 18.8 Å². The van der Waals surface area contributed by atoms with E-state index in [1.54, 1.807) is 47.5 Å². The van der Waals surface area contributed by atoms with Gasteiger partial charge < -0.3 is 5.32 Å². The van der Waals surface area contributed by atoms with E-state index in [0.29, 0.717) is 51.4 Å². The van der Waals surface area contributed by atoms with Crippen LogP contribution in [0.5, 0.6) is 0 Å². The Bertz CT molecular complexity index is 1780. The Labute approximate surface area is 219 Å². The molecule has 9 heteroatoms. The highest BCUT2D eigenvalue weighted by atomic mass is 16.2. The minimum absolute atomic E-state index is 0.249. The minimum atomic E-state index is -0.610. The number of aryl methyl sites for hydroxylation is 1. The highest BCUT2D eigenvalue weighted by Crippen LogP contribution is 2.21. The molecule has 0 spiro atoms. The van der Waals surface area contributed by atoms with E-state index in [-0.39, 0.29) is 11.5 Å². The third kappa shape index (κ3) is 4.65. The van der Waals surface area contributed by atoms with Crippen LogP contribution in [-0.4, -0.2) is 55.6 Å². The van der Waals surface area contributed by atoms with E-state index in [1.165, 1.54) is 0 Å². The van der Waals surface area contributed by atoms with E-state index in [4.69, 9.17) is 4.98 Å². The lowest BCUT2D eigenvalue weighted by molar-refractivity contribution is 0.0938. The van der Waals surface area contributed by atoms with Crippen molar-refractivity contribution in [2.24, 2.45) is 0 Å². The number of benzene rings is 2. The third-order valence-electron chi connectivity index (χ3n) is 6.09.